The summed E-state index contributed by atoms with van der Waals surface area (Å²) < 4.78 is 26.2. The van der Waals surface area contributed by atoms with Gasteiger partial charge in [0.1, 0.15) is 17.5 Å². The average molecular weight is 284 g/mol. The molecule has 0 aliphatic rings. The van der Waals surface area contributed by atoms with E-state index in [0.29, 0.717) is 18.9 Å². The fraction of sp³-hybridized carbons (Fsp3) is 0.385. The van der Waals surface area contributed by atoms with Gasteiger partial charge in [0.2, 0.25) is 0 Å². The van der Waals surface area contributed by atoms with E-state index in [1.807, 2.05) is 0 Å². The minimum atomic E-state index is -0.972. The summed E-state index contributed by atoms with van der Waals surface area (Å²) in [5, 5.41) is 12.4. The maximum Gasteiger partial charge on any atom is 0.320 e. The second-order valence-corrected chi connectivity index (χ2v) is 4.41. The molecule has 0 fully saturated rings. The minimum Gasteiger partial charge on any atom is -0.386 e. The van der Waals surface area contributed by atoms with Crippen molar-refractivity contribution in [2.24, 2.45) is 5.73 Å². The van der Waals surface area contributed by atoms with Crippen LogP contribution in [0, 0.1) is 17.0 Å². The zero-order chi connectivity index (χ0) is 15.3. The van der Waals surface area contributed by atoms with Crippen LogP contribution in [0.4, 0.5) is 19.3 Å². The Morgan fingerprint density at radius 2 is 1.95 bits per heavy atom. The maximum atomic E-state index is 13.4. The third-order valence-corrected chi connectivity index (χ3v) is 3.25. The molecule has 110 valence electrons. The van der Waals surface area contributed by atoms with Gasteiger partial charge in [-0.25, -0.2) is 13.6 Å². The summed E-state index contributed by atoms with van der Waals surface area (Å²) in [5.74, 6) is -1.77. The quantitative estimate of drug-likeness (QED) is 0.494. The van der Waals surface area contributed by atoms with E-state index < -0.39 is 23.2 Å². The molecule has 0 saturated carbocycles. The number of hydrogen-bond donors (Lipinski definition) is 4. The summed E-state index contributed by atoms with van der Waals surface area (Å²) in [5.41, 5.74) is 4.38. The Morgan fingerprint density at radius 3 is 2.40 bits per heavy atom. The first-order chi connectivity index (χ1) is 9.34. The van der Waals surface area contributed by atoms with E-state index in [9.17, 15) is 13.6 Å². The lowest BCUT2D eigenvalue weighted by Gasteiger charge is -2.31. The molecular weight excluding hydrogens is 266 g/mol. The molecule has 2 amide bonds. The number of rotatable bonds is 5. The largest absolute Gasteiger partial charge is 0.386 e. The van der Waals surface area contributed by atoms with Crippen LogP contribution >= 0.6 is 0 Å². The molecule has 0 unspecified atom stereocenters. The van der Waals surface area contributed by atoms with Gasteiger partial charge in [-0.05, 0) is 25.0 Å². The van der Waals surface area contributed by atoms with Crippen molar-refractivity contribution in [2.75, 3.05) is 5.32 Å². The lowest BCUT2D eigenvalue weighted by atomic mass is 9.92. The number of benzene rings is 1. The highest BCUT2D eigenvalue weighted by Crippen LogP contribution is 2.17. The van der Waals surface area contributed by atoms with Gasteiger partial charge in [-0.15, -0.1) is 0 Å². The Kier molecular flexibility index (Phi) is 5.01. The second kappa shape index (κ2) is 6.31. The fourth-order valence-electron chi connectivity index (χ4n) is 1.84. The van der Waals surface area contributed by atoms with E-state index in [4.69, 9.17) is 11.1 Å². The number of halogens is 2. The van der Waals surface area contributed by atoms with Crippen LogP contribution in [-0.2, 0) is 0 Å². The van der Waals surface area contributed by atoms with Crippen molar-refractivity contribution in [1.29, 1.82) is 5.41 Å². The summed E-state index contributed by atoms with van der Waals surface area (Å²) in [6.07, 6.45) is 0.857. The molecule has 0 saturated heterocycles. The SMILES string of the molecule is CCC(CC)(NC(=O)Nc1ccc(F)cc1F)C(=N)N. The van der Waals surface area contributed by atoms with Crippen LogP contribution in [0.1, 0.15) is 26.7 Å². The summed E-state index contributed by atoms with van der Waals surface area (Å²) in [7, 11) is 0. The zero-order valence-corrected chi connectivity index (χ0v) is 11.4. The molecule has 0 aliphatic carbocycles. The van der Waals surface area contributed by atoms with Gasteiger partial charge < -0.3 is 16.4 Å². The van der Waals surface area contributed by atoms with Crippen LogP contribution in [0.2, 0.25) is 0 Å². The van der Waals surface area contributed by atoms with E-state index in [0.717, 1.165) is 12.1 Å². The number of anilines is 1. The number of carbonyl (C=O) groups excluding carboxylic acids is 1. The maximum absolute atomic E-state index is 13.4. The Bertz CT molecular complexity index is 515. The van der Waals surface area contributed by atoms with E-state index >= 15 is 0 Å². The molecule has 0 radical (unpaired) electrons. The van der Waals surface area contributed by atoms with E-state index in [1.54, 1.807) is 13.8 Å². The van der Waals surface area contributed by atoms with Gasteiger partial charge in [-0.1, -0.05) is 13.8 Å². The summed E-state index contributed by atoms with van der Waals surface area (Å²) in [6.45, 7) is 3.56. The summed E-state index contributed by atoms with van der Waals surface area (Å²) >= 11 is 0. The monoisotopic (exact) mass is 284 g/mol. The molecule has 5 nitrogen and oxygen atoms in total. The molecule has 0 heterocycles. The lowest BCUT2D eigenvalue weighted by Crippen LogP contribution is -2.57. The third kappa shape index (κ3) is 3.43. The van der Waals surface area contributed by atoms with Gasteiger partial charge in [-0.3, -0.25) is 5.41 Å². The molecule has 1 aromatic rings. The van der Waals surface area contributed by atoms with Crippen molar-refractivity contribution in [1.82, 2.24) is 5.32 Å². The lowest BCUT2D eigenvalue weighted by molar-refractivity contribution is 0.243. The van der Waals surface area contributed by atoms with Crippen LogP contribution in [0.5, 0.6) is 0 Å². The Hall–Kier alpha value is -2.18. The smallest absolute Gasteiger partial charge is 0.320 e. The van der Waals surface area contributed by atoms with Crippen molar-refractivity contribution in [2.45, 2.75) is 32.2 Å². The minimum absolute atomic E-state index is 0.145. The Labute approximate surface area is 116 Å². The van der Waals surface area contributed by atoms with Gasteiger partial charge in [0.15, 0.2) is 0 Å². The van der Waals surface area contributed by atoms with Crippen LogP contribution in [-0.4, -0.2) is 17.4 Å². The van der Waals surface area contributed by atoms with Crippen LogP contribution in [0.3, 0.4) is 0 Å². The topological polar surface area (TPSA) is 91.0 Å². The molecule has 0 aromatic heterocycles. The Morgan fingerprint density at radius 1 is 1.35 bits per heavy atom. The van der Waals surface area contributed by atoms with E-state index in [2.05, 4.69) is 10.6 Å². The zero-order valence-electron chi connectivity index (χ0n) is 11.4. The average Bonchev–Trinajstić information content (AvgIpc) is 2.39. The first-order valence-corrected chi connectivity index (χ1v) is 6.23. The Balaban J connectivity index is 2.83. The number of urea groups is 1. The first kappa shape index (κ1) is 15.9. The molecule has 0 bridgehead atoms. The highest BCUT2D eigenvalue weighted by molar-refractivity contribution is 5.96. The van der Waals surface area contributed by atoms with E-state index in [-0.39, 0.29) is 11.5 Å². The highest BCUT2D eigenvalue weighted by atomic mass is 19.1. The molecular formula is C13H18F2N4O. The van der Waals surface area contributed by atoms with Crippen molar-refractivity contribution in [3.05, 3.63) is 29.8 Å². The van der Waals surface area contributed by atoms with Crippen molar-refractivity contribution in [3.8, 4) is 0 Å². The second-order valence-electron chi connectivity index (χ2n) is 4.41. The van der Waals surface area contributed by atoms with Crippen molar-refractivity contribution >= 4 is 17.6 Å². The molecule has 7 heteroatoms. The van der Waals surface area contributed by atoms with Crippen molar-refractivity contribution < 1.29 is 13.6 Å². The van der Waals surface area contributed by atoms with Gasteiger partial charge in [-0.2, -0.15) is 0 Å². The normalized spacial score (nSPS) is 11.0. The van der Waals surface area contributed by atoms with Crippen LogP contribution in [0.25, 0.3) is 0 Å². The van der Waals surface area contributed by atoms with Gasteiger partial charge >= 0.3 is 6.03 Å². The third-order valence-electron chi connectivity index (χ3n) is 3.25. The number of amides is 2. The molecule has 5 N–H and O–H groups in total. The molecule has 0 spiro atoms. The number of hydrogen-bond acceptors (Lipinski definition) is 2. The molecule has 0 atom stereocenters. The highest BCUT2D eigenvalue weighted by Gasteiger charge is 2.31. The number of amidine groups is 1. The molecule has 1 rings (SSSR count). The van der Waals surface area contributed by atoms with Crippen molar-refractivity contribution in [3.63, 3.8) is 0 Å². The predicted octanol–water partition coefficient (Wildman–Crippen LogP) is 2.58. The molecule has 0 aliphatic heterocycles. The number of carbonyl (C=O) groups is 1. The summed E-state index contributed by atoms with van der Waals surface area (Å²) in [4.78, 5) is 11.9. The van der Waals surface area contributed by atoms with Crippen LogP contribution < -0.4 is 16.4 Å². The molecule has 20 heavy (non-hydrogen) atoms. The standard InChI is InChI=1S/C13H18F2N4O/c1-3-13(4-2,11(16)17)19-12(20)18-10-6-5-8(14)7-9(10)15/h5-7H,3-4H2,1-2H3,(H3,16,17)(H2,18,19,20). The van der Waals surface area contributed by atoms with E-state index in [1.165, 1.54) is 0 Å². The molecule has 1 aromatic carbocycles. The number of nitrogens with one attached hydrogen (secondary N) is 3. The predicted molar refractivity (Wildman–Crippen MR) is 73.7 cm³/mol. The van der Waals surface area contributed by atoms with Gasteiger partial charge in [0.05, 0.1) is 11.2 Å². The first-order valence-electron chi connectivity index (χ1n) is 6.23. The number of nitrogens with two attached hydrogens (primary N) is 1. The fourth-order valence-corrected chi connectivity index (χ4v) is 1.84. The summed E-state index contributed by atoms with van der Waals surface area (Å²) in [6, 6.07) is 2.14. The van der Waals surface area contributed by atoms with Gasteiger partial charge in [0, 0.05) is 6.07 Å². The van der Waals surface area contributed by atoms with Gasteiger partial charge in [0.25, 0.3) is 0 Å². The van der Waals surface area contributed by atoms with Crippen LogP contribution in [0.15, 0.2) is 18.2 Å².